The Morgan fingerprint density at radius 2 is 1.82 bits per heavy atom. The fraction of sp³-hybridized carbons (Fsp3) is 0.581. The van der Waals surface area contributed by atoms with E-state index in [-0.39, 0.29) is 23.0 Å². The topological polar surface area (TPSA) is 110 Å². The molecule has 1 aromatic carbocycles. The lowest BCUT2D eigenvalue weighted by molar-refractivity contribution is -0.137. The van der Waals surface area contributed by atoms with E-state index in [1.54, 1.807) is 0 Å². The summed E-state index contributed by atoms with van der Waals surface area (Å²) in [5, 5.41) is 10.2. The number of hydrogen-bond donors (Lipinski definition) is 4. The number of fused-ring (bicyclic) bond motifs is 2. The number of ether oxygens (including phenoxy) is 1. The van der Waals surface area contributed by atoms with Gasteiger partial charge in [0.25, 0.3) is 0 Å². The van der Waals surface area contributed by atoms with E-state index in [0.29, 0.717) is 61.9 Å². The van der Waals surface area contributed by atoms with Crippen LogP contribution in [-0.4, -0.2) is 53.8 Å². The van der Waals surface area contributed by atoms with Crippen LogP contribution in [0.4, 0.5) is 39.4 Å². The molecule has 2 aliphatic heterocycles. The standard InChI is InChI=1S/C31H40F5N7O/c1-5-6-21-22-27(25(33)26(41-21)19-11-20(37)24(32)17(4)23(19)31(34,35)36)42-29(40-14-30-12-18(13-30)44-15-30)43-28(22)39-10-9-38-8-7-16(2)3/h11,16,18,38H,5-10,12-15,37H2,1-4H3,(H2,39,40,42,43). The number of aryl methyl sites for hydroxylation is 1. The zero-order chi connectivity index (χ0) is 31.8. The lowest BCUT2D eigenvalue weighted by Gasteiger charge is -2.35. The first-order valence-corrected chi connectivity index (χ1v) is 15.2. The summed E-state index contributed by atoms with van der Waals surface area (Å²) in [6.45, 7) is 10.2. The third kappa shape index (κ3) is 6.39. The van der Waals surface area contributed by atoms with Gasteiger partial charge in [-0.05, 0) is 56.7 Å². The summed E-state index contributed by atoms with van der Waals surface area (Å²) in [5.74, 6) is -1.23. The third-order valence-corrected chi connectivity index (χ3v) is 8.47. The molecule has 5 N–H and O–H groups in total. The van der Waals surface area contributed by atoms with Crippen LogP contribution >= 0.6 is 0 Å². The highest BCUT2D eigenvalue weighted by Gasteiger charge is 2.51. The first kappa shape index (κ1) is 32.1. The highest BCUT2D eigenvalue weighted by molar-refractivity contribution is 5.95. The van der Waals surface area contributed by atoms with Crippen LogP contribution in [0, 0.1) is 29.9 Å². The maximum absolute atomic E-state index is 16.5. The molecule has 0 unspecified atom stereocenters. The molecule has 2 saturated heterocycles. The first-order valence-electron chi connectivity index (χ1n) is 15.2. The van der Waals surface area contributed by atoms with Gasteiger partial charge in [-0.15, -0.1) is 0 Å². The second kappa shape index (κ2) is 12.6. The quantitative estimate of drug-likeness (QED) is 0.0977. The van der Waals surface area contributed by atoms with E-state index in [0.717, 1.165) is 38.8 Å². The van der Waals surface area contributed by atoms with Crippen LogP contribution in [0.15, 0.2) is 6.07 Å². The molecule has 240 valence electrons. The third-order valence-electron chi connectivity index (χ3n) is 8.47. The molecule has 1 saturated carbocycles. The molecule has 0 spiro atoms. The summed E-state index contributed by atoms with van der Waals surface area (Å²) in [6, 6.07) is 0.798. The average molecular weight is 622 g/mol. The molecule has 13 heteroatoms. The number of anilines is 3. The summed E-state index contributed by atoms with van der Waals surface area (Å²) in [6.07, 6.45) is -0.997. The molecule has 4 heterocycles. The minimum absolute atomic E-state index is 0.0446. The molecule has 1 aliphatic carbocycles. The number of nitrogens with one attached hydrogen (secondary N) is 3. The lowest BCUT2D eigenvalue weighted by atomic mass is 9.70. The summed E-state index contributed by atoms with van der Waals surface area (Å²) in [4.78, 5) is 13.6. The Hall–Kier alpha value is -3.32. The summed E-state index contributed by atoms with van der Waals surface area (Å²) in [7, 11) is 0. The Morgan fingerprint density at radius 1 is 1.07 bits per heavy atom. The zero-order valence-electron chi connectivity index (χ0n) is 25.5. The number of benzene rings is 1. The summed E-state index contributed by atoms with van der Waals surface area (Å²) >= 11 is 0. The van der Waals surface area contributed by atoms with Crippen LogP contribution in [0.3, 0.4) is 0 Å². The smallest absolute Gasteiger partial charge is 0.396 e. The summed E-state index contributed by atoms with van der Waals surface area (Å²) < 4.78 is 79.6. The number of hydrogen-bond acceptors (Lipinski definition) is 8. The number of nitrogens with zero attached hydrogens (tertiary/aromatic N) is 3. The molecule has 3 aromatic rings. The van der Waals surface area contributed by atoms with Crippen molar-refractivity contribution in [2.45, 2.75) is 72.1 Å². The predicted molar refractivity (Wildman–Crippen MR) is 162 cm³/mol. The van der Waals surface area contributed by atoms with Crippen LogP contribution in [0.5, 0.6) is 0 Å². The van der Waals surface area contributed by atoms with E-state index < -0.39 is 45.9 Å². The molecule has 3 aliphatic rings. The molecule has 8 nitrogen and oxygen atoms in total. The van der Waals surface area contributed by atoms with Crippen LogP contribution in [0.25, 0.3) is 22.2 Å². The highest BCUT2D eigenvalue weighted by Crippen LogP contribution is 2.50. The van der Waals surface area contributed by atoms with Crippen molar-refractivity contribution in [2.75, 3.05) is 49.2 Å². The van der Waals surface area contributed by atoms with E-state index in [1.807, 2.05) is 6.92 Å². The number of halogens is 5. The maximum Gasteiger partial charge on any atom is 0.417 e. The number of nitrogens with two attached hydrogens (primary N) is 1. The number of pyridine rings is 1. The van der Waals surface area contributed by atoms with Gasteiger partial charge in [0.1, 0.15) is 22.8 Å². The van der Waals surface area contributed by atoms with Gasteiger partial charge in [0, 0.05) is 30.6 Å². The van der Waals surface area contributed by atoms with Crippen LogP contribution in [0.1, 0.15) is 63.3 Å². The zero-order valence-corrected chi connectivity index (χ0v) is 25.5. The molecular weight excluding hydrogens is 581 g/mol. The van der Waals surface area contributed by atoms with E-state index in [4.69, 9.17) is 10.5 Å². The van der Waals surface area contributed by atoms with Gasteiger partial charge in [0.15, 0.2) is 5.82 Å². The largest absolute Gasteiger partial charge is 0.417 e. The van der Waals surface area contributed by atoms with Gasteiger partial charge in [-0.1, -0.05) is 27.2 Å². The van der Waals surface area contributed by atoms with Crippen molar-refractivity contribution >= 4 is 28.4 Å². The van der Waals surface area contributed by atoms with Gasteiger partial charge in [-0.2, -0.15) is 18.2 Å². The fourth-order valence-electron chi connectivity index (χ4n) is 6.10. The Kier molecular flexibility index (Phi) is 9.18. The Bertz CT molecular complexity index is 1520. The predicted octanol–water partition coefficient (Wildman–Crippen LogP) is 6.47. The molecule has 6 rings (SSSR count). The van der Waals surface area contributed by atoms with Gasteiger partial charge in [0.05, 0.1) is 35.0 Å². The second-order valence-corrected chi connectivity index (χ2v) is 12.5. The Morgan fingerprint density at radius 3 is 2.45 bits per heavy atom. The van der Waals surface area contributed by atoms with Gasteiger partial charge < -0.3 is 26.4 Å². The van der Waals surface area contributed by atoms with Crippen molar-refractivity contribution < 1.29 is 26.7 Å². The molecule has 44 heavy (non-hydrogen) atoms. The first-order chi connectivity index (χ1) is 20.8. The lowest BCUT2D eigenvalue weighted by Crippen LogP contribution is -2.39. The normalized spacial score (nSPS) is 19.5. The molecule has 0 amide bonds. The van der Waals surface area contributed by atoms with E-state index >= 15 is 4.39 Å². The molecule has 0 atom stereocenters. The minimum Gasteiger partial charge on any atom is -0.396 e. The van der Waals surface area contributed by atoms with Crippen molar-refractivity contribution in [3.05, 3.63) is 34.5 Å². The number of rotatable bonds is 13. The highest BCUT2D eigenvalue weighted by atomic mass is 19.4. The Labute approximate surface area is 253 Å². The van der Waals surface area contributed by atoms with Crippen molar-refractivity contribution in [1.29, 1.82) is 0 Å². The van der Waals surface area contributed by atoms with Gasteiger partial charge in [-0.25, -0.2) is 18.7 Å². The van der Waals surface area contributed by atoms with E-state index in [9.17, 15) is 17.6 Å². The summed E-state index contributed by atoms with van der Waals surface area (Å²) in [5.41, 5.74) is 2.06. The van der Waals surface area contributed by atoms with Crippen molar-refractivity contribution in [1.82, 2.24) is 20.3 Å². The number of alkyl halides is 3. The van der Waals surface area contributed by atoms with Crippen LogP contribution < -0.4 is 21.7 Å². The SMILES string of the molecule is CCCc1nc(-c2cc(N)c(F)c(C)c2C(F)(F)F)c(F)c2nc(NCC34COC(C3)C4)nc(NCCNCCC(C)C)c12. The van der Waals surface area contributed by atoms with Gasteiger partial charge >= 0.3 is 6.18 Å². The van der Waals surface area contributed by atoms with Crippen molar-refractivity contribution in [2.24, 2.45) is 11.3 Å². The number of aromatic nitrogens is 3. The van der Waals surface area contributed by atoms with E-state index in [2.05, 4.69) is 44.7 Å². The molecular formula is C31H40F5N7O. The van der Waals surface area contributed by atoms with Crippen LogP contribution in [0.2, 0.25) is 0 Å². The molecule has 2 aromatic heterocycles. The monoisotopic (exact) mass is 621 g/mol. The molecule has 2 bridgehead atoms. The van der Waals surface area contributed by atoms with Crippen molar-refractivity contribution in [3.63, 3.8) is 0 Å². The maximum atomic E-state index is 16.5. The van der Waals surface area contributed by atoms with E-state index in [1.165, 1.54) is 0 Å². The second-order valence-electron chi connectivity index (χ2n) is 12.5. The van der Waals surface area contributed by atoms with Crippen molar-refractivity contribution in [3.8, 4) is 11.3 Å². The minimum atomic E-state index is -4.99. The van der Waals surface area contributed by atoms with Gasteiger partial charge in [0.2, 0.25) is 5.95 Å². The number of nitrogen functional groups attached to an aromatic ring is 1. The van der Waals surface area contributed by atoms with Crippen LogP contribution in [-0.2, 0) is 17.3 Å². The van der Waals surface area contributed by atoms with Gasteiger partial charge in [-0.3, -0.25) is 0 Å². The molecule has 3 fully saturated rings. The Balaban J connectivity index is 1.61. The fourth-order valence-corrected chi connectivity index (χ4v) is 6.10. The molecule has 0 radical (unpaired) electrons. The average Bonchev–Trinajstić information content (AvgIpc) is 3.54.